The third-order valence-electron chi connectivity index (χ3n) is 4.03. The van der Waals surface area contributed by atoms with Crippen molar-refractivity contribution >= 4 is 29.3 Å². The van der Waals surface area contributed by atoms with Crippen LogP contribution in [0.4, 0.5) is 0 Å². The fourth-order valence-corrected chi connectivity index (χ4v) is 4.05. The number of halogens is 1. The Morgan fingerprint density at radius 3 is 2.76 bits per heavy atom. The van der Waals surface area contributed by atoms with E-state index in [1.54, 1.807) is 11.8 Å². The maximum atomic E-state index is 12.3. The van der Waals surface area contributed by atoms with Crippen molar-refractivity contribution in [3.63, 3.8) is 0 Å². The number of nitrogens with one attached hydrogen (secondary N) is 1. The smallest absolute Gasteiger partial charge is 0.232 e. The molecule has 0 bridgehead atoms. The highest BCUT2D eigenvalue weighted by Gasteiger charge is 2.22. The molecule has 1 fully saturated rings. The second kappa shape index (κ2) is 8.06. The summed E-state index contributed by atoms with van der Waals surface area (Å²) in [6, 6.07) is 6.50. The Balaban J connectivity index is 1.90. The first kappa shape index (κ1) is 16.7. The van der Waals surface area contributed by atoms with Gasteiger partial charge >= 0.3 is 0 Å². The van der Waals surface area contributed by atoms with Crippen molar-refractivity contribution in [2.75, 3.05) is 25.9 Å². The number of benzene rings is 1. The minimum Gasteiger partial charge on any atom is -0.342 e. The van der Waals surface area contributed by atoms with E-state index in [1.807, 2.05) is 24.1 Å². The summed E-state index contributed by atoms with van der Waals surface area (Å²) in [5.74, 6) is 0.692. The standard InChI is InChI=1S/C16H23ClN2OS/c1-3-12-5-4-6-14(17)16(12)21-11-15(20)19-9-7-13(18-2)8-10-19/h4-6,13,18H,3,7-11H2,1-2H3. The fourth-order valence-electron chi connectivity index (χ4n) is 2.64. The van der Waals surface area contributed by atoms with Crippen molar-refractivity contribution in [2.45, 2.75) is 37.1 Å². The van der Waals surface area contributed by atoms with Crippen molar-refractivity contribution in [1.29, 1.82) is 0 Å². The zero-order chi connectivity index (χ0) is 15.2. The Hall–Kier alpha value is -0.710. The summed E-state index contributed by atoms with van der Waals surface area (Å²) in [5, 5.41) is 4.03. The Morgan fingerprint density at radius 1 is 1.43 bits per heavy atom. The van der Waals surface area contributed by atoms with E-state index in [9.17, 15) is 4.79 Å². The number of rotatable bonds is 5. The van der Waals surface area contributed by atoms with Gasteiger partial charge in [-0.25, -0.2) is 0 Å². The highest BCUT2D eigenvalue weighted by Crippen LogP contribution is 2.31. The van der Waals surface area contributed by atoms with Gasteiger partial charge in [-0.15, -0.1) is 11.8 Å². The molecule has 1 aromatic rings. The molecule has 2 rings (SSSR count). The van der Waals surface area contributed by atoms with E-state index in [0.717, 1.165) is 42.3 Å². The average Bonchev–Trinajstić information content (AvgIpc) is 2.53. The number of hydrogen-bond donors (Lipinski definition) is 1. The molecule has 1 aromatic carbocycles. The van der Waals surface area contributed by atoms with Crippen LogP contribution in [0.1, 0.15) is 25.3 Å². The average molecular weight is 327 g/mol. The van der Waals surface area contributed by atoms with Crippen LogP contribution in [0.2, 0.25) is 5.02 Å². The second-order valence-corrected chi connectivity index (χ2v) is 6.71. The first-order chi connectivity index (χ1) is 10.2. The molecule has 0 unspecified atom stereocenters. The minimum atomic E-state index is 0.219. The molecule has 1 amide bonds. The summed E-state index contributed by atoms with van der Waals surface area (Å²) in [4.78, 5) is 15.4. The number of hydrogen-bond acceptors (Lipinski definition) is 3. The lowest BCUT2D eigenvalue weighted by atomic mass is 10.1. The van der Waals surface area contributed by atoms with E-state index in [-0.39, 0.29) is 5.91 Å². The van der Waals surface area contributed by atoms with E-state index in [4.69, 9.17) is 11.6 Å². The summed E-state index contributed by atoms with van der Waals surface area (Å²) in [6.45, 7) is 3.82. The summed E-state index contributed by atoms with van der Waals surface area (Å²) < 4.78 is 0. The molecule has 0 atom stereocenters. The molecule has 116 valence electrons. The maximum absolute atomic E-state index is 12.3. The molecule has 0 aliphatic carbocycles. The van der Waals surface area contributed by atoms with Crippen molar-refractivity contribution in [3.8, 4) is 0 Å². The molecule has 0 radical (unpaired) electrons. The summed E-state index contributed by atoms with van der Waals surface area (Å²) in [5.41, 5.74) is 1.22. The molecule has 1 aliphatic heterocycles. The van der Waals surface area contributed by atoms with Gasteiger partial charge in [-0.3, -0.25) is 4.79 Å². The Labute approximate surface area is 136 Å². The van der Waals surface area contributed by atoms with Crippen LogP contribution in [0.25, 0.3) is 0 Å². The molecular formula is C16H23ClN2OS. The van der Waals surface area contributed by atoms with E-state index in [1.165, 1.54) is 5.56 Å². The maximum Gasteiger partial charge on any atom is 0.232 e. The second-order valence-electron chi connectivity index (χ2n) is 5.31. The van der Waals surface area contributed by atoms with Crippen LogP contribution in [-0.4, -0.2) is 42.7 Å². The van der Waals surface area contributed by atoms with Gasteiger partial charge in [0.1, 0.15) is 0 Å². The lowest BCUT2D eigenvalue weighted by Gasteiger charge is -2.31. The fraction of sp³-hybridized carbons (Fsp3) is 0.562. The first-order valence-corrected chi connectivity index (χ1v) is 8.87. The summed E-state index contributed by atoms with van der Waals surface area (Å²) >= 11 is 7.83. The number of piperidine rings is 1. The van der Waals surface area contributed by atoms with Crippen molar-refractivity contribution in [1.82, 2.24) is 10.2 Å². The summed E-state index contributed by atoms with van der Waals surface area (Å²) in [7, 11) is 1.99. The Bertz CT molecular complexity index is 487. The molecule has 1 aliphatic rings. The predicted molar refractivity (Wildman–Crippen MR) is 90.2 cm³/mol. The number of nitrogens with zero attached hydrogens (tertiary/aromatic N) is 1. The predicted octanol–water partition coefficient (Wildman–Crippen LogP) is 3.20. The quantitative estimate of drug-likeness (QED) is 0.843. The van der Waals surface area contributed by atoms with Gasteiger partial charge in [-0.1, -0.05) is 30.7 Å². The van der Waals surface area contributed by atoms with Gasteiger partial charge in [0.25, 0.3) is 0 Å². The largest absolute Gasteiger partial charge is 0.342 e. The molecule has 0 aromatic heterocycles. The number of likely N-dealkylation sites (tertiary alicyclic amines) is 1. The van der Waals surface area contributed by atoms with Crippen molar-refractivity contribution < 1.29 is 4.79 Å². The van der Waals surface area contributed by atoms with Crippen LogP contribution in [0, 0.1) is 0 Å². The molecule has 1 N–H and O–H groups in total. The molecule has 21 heavy (non-hydrogen) atoms. The van der Waals surface area contributed by atoms with Gasteiger partial charge in [-0.2, -0.15) is 0 Å². The molecule has 1 heterocycles. The van der Waals surface area contributed by atoms with E-state index < -0.39 is 0 Å². The monoisotopic (exact) mass is 326 g/mol. The zero-order valence-electron chi connectivity index (χ0n) is 12.7. The normalized spacial score (nSPS) is 16.2. The van der Waals surface area contributed by atoms with Crippen molar-refractivity contribution in [2.24, 2.45) is 0 Å². The van der Waals surface area contributed by atoms with Crippen LogP contribution in [0.15, 0.2) is 23.1 Å². The lowest BCUT2D eigenvalue weighted by molar-refractivity contribution is -0.129. The van der Waals surface area contributed by atoms with Crippen LogP contribution in [0.3, 0.4) is 0 Å². The Kier molecular flexibility index (Phi) is 6.40. The van der Waals surface area contributed by atoms with Crippen LogP contribution >= 0.6 is 23.4 Å². The molecule has 5 heteroatoms. The van der Waals surface area contributed by atoms with E-state index >= 15 is 0 Å². The third kappa shape index (κ3) is 4.38. The zero-order valence-corrected chi connectivity index (χ0v) is 14.3. The molecular weight excluding hydrogens is 304 g/mol. The number of carbonyl (C=O) groups is 1. The van der Waals surface area contributed by atoms with Crippen molar-refractivity contribution in [3.05, 3.63) is 28.8 Å². The number of carbonyl (C=O) groups excluding carboxylic acids is 1. The van der Waals surface area contributed by atoms with Gasteiger partial charge < -0.3 is 10.2 Å². The minimum absolute atomic E-state index is 0.219. The molecule has 0 spiro atoms. The molecule has 0 saturated carbocycles. The van der Waals surface area contributed by atoms with E-state index in [2.05, 4.69) is 18.3 Å². The van der Waals surface area contributed by atoms with Gasteiger partial charge in [0, 0.05) is 24.0 Å². The van der Waals surface area contributed by atoms with Gasteiger partial charge in [0.05, 0.1) is 10.8 Å². The number of thioether (sulfide) groups is 1. The number of aryl methyl sites for hydroxylation is 1. The molecule has 3 nitrogen and oxygen atoms in total. The lowest BCUT2D eigenvalue weighted by Crippen LogP contribution is -2.44. The highest BCUT2D eigenvalue weighted by atomic mass is 35.5. The van der Waals surface area contributed by atoms with Gasteiger partial charge in [-0.05, 0) is 37.9 Å². The first-order valence-electron chi connectivity index (χ1n) is 7.51. The Morgan fingerprint density at radius 2 is 2.14 bits per heavy atom. The van der Waals surface area contributed by atoms with Crippen LogP contribution < -0.4 is 5.32 Å². The van der Waals surface area contributed by atoms with E-state index in [0.29, 0.717) is 11.8 Å². The molecule has 1 saturated heterocycles. The van der Waals surface area contributed by atoms with Gasteiger partial charge in [0.2, 0.25) is 5.91 Å². The van der Waals surface area contributed by atoms with Crippen LogP contribution in [-0.2, 0) is 11.2 Å². The highest BCUT2D eigenvalue weighted by molar-refractivity contribution is 8.00. The third-order valence-corrected chi connectivity index (χ3v) is 5.61. The summed E-state index contributed by atoms with van der Waals surface area (Å²) in [6.07, 6.45) is 3.02. The van der Waals surface area contributed by atoms with Gasteiger partial charge in [0.15, 0.2) is 0 Å². The SMILES string of the molecule is CCc1cccc(Cl)c1SCC(=O)N1CCC(NC)CC1. The number of amides is 1. The van der Waals surface area contributed by atoms with Crippen LogP contribution in [0.5, 0.6) is 0 Å². The topological polar surface area (TPSA) is 32.3 Å².